The number of halogens is 2. The van der Waals surface area contributed by atoms with E-state index in [1.807, 2.05) is 28.7 Å². The molecular weight excluding hydrogens is 300 g/mol. The molecule has 0 fully saturated rings. The number of nitrogens with zero attached hydrogens (tertiary/aromatic N) is 1. The summed E-state index contributed by atoms with van der Waals surface area (Å²) in [6.07, 6.45) is 0. The molecule has 0 spiro atoms. The van der Waals surface area contributed by atoms with Crippen molar-refractivity contribution in [1.29, 1.82) is 5.26 Å². The molecule has 0 aromatic heterocycles. The maximum Gasteiger partial charge on any atom is 0.161 e. The third-order valence-corrected chi connectivity index (χ3v) is 3.41. The number of rotatable bonds is 1. The zero-order valence-corrected chi connectivity index (χ0v) is 9.68. The Morgan fingerprint density at radius 3 is 2.69 bits per heavy atom. The second-order valence-electron chi connectivity index (χ2n) is 2.46. The van der Waals surface area contributed by atoms with Gasteiger partial charge in [0.15, 0.2) is 5.78 Å². The molecule has 0 bridgehead atoms. The molecule has 13 heavy (non-hydrogen) atoms. The zero-order valence-electron chi connectivity index (χ0n) is 6.77. The predicted octanol–water partition coefficient (Wildman–Crippen LogP) is 3.02. The van der Waals surface area contributed by atoms with E-state index in [-0.39, 0.29) is 5.78 Å². The van der Waals surface area contributed by atoms with Crippen molar-refractivity contribution in [2.75, 3.05) is 0 Å². The Morgan fingerprint density at radius 1 is 1.62 bits per heavy atom. The van der Waals surface area contributed by atoms with Crippen LogP contribution in [0.25, 0.3) is 0 Å². The molecule has 0 saturated carbocycles. The molecule has 0 saturated heterocycles. The second-order valence-corrected chi connectivity index (χ2v) is 3.91. The highest BCUT2D eigenvalue weighted by Crippen LogP contribution is 2.26. The Hall–Kier alpha value is -0.600. The Balaban J connectivity index is 3.42. The molecular formula is C9H5ClINO. The quantitative estimate of drug-likeness (QED) is 0.591. The molecule has 0 heterocycles. The van der Waals surface area contributed by atoms with Gasteiger partial charge in [0.05, 0.1) is 14.2 Å². The average molecular weight is 306 g/mol. The van der Waals surface area contributed by atoms with Crippen molar-refractivity contribution in [3.8, 4) is 6.07 Å². The molecule has 0 amide bonds. The van der Waals surface area contributed by atoms with E-state index in [1.54, 1.807) is 12.1 Å². The van der Waals surface area contributed by atoms with Gasteiger partial charge in [0.2, 0.25) is 0 Å². The number of carbonyl (C=O) groups is 1. The SMILES string of the molecule is CC(=O)c1ccc(C#N)c(I)c1Cl. The highest BCUT2D eigenvalue weighted by atomic mass is 127. The third kappa shape index (κ3) is 2.01. The van der Waals surface area contributed by atoms with E-state index < -0.39 is 0 Å². The van der Waals surface area contributed by atoms with Crippen LogP contribution in [0.2, 0.25) is 5.02 Å². The first-order chi connectivity index (χ1) is 6.07. The summed E-state index contributed by atoms with van der Waals surface area (Å²) in [6, 6.07) is 5.18. The summed E-state index contributed by atoms with van der Waals surface area (Å²) in [5, 5.41) is 9.04. The van der Waals surface area contributed by atoms with Gasteiger partial charge >= 0.3 is 0 Å². The van der Waals surface area contributed by atoms with Crippen LogP contribution in [0, 0.1) is 14.9 Å². The van der Waals surface area contributed by atoms with Gasteiger partial charge in [-0.1, -0.05) is 11.6 Å². The van der Waals surface area contributed by atoms with Crippen LogP contribution in [0.4, 0.5) is 0 Å². The van der Waals surface area contributed by atoms with Crippen LogP contribution in [0.15, 0.2) is 12.1 Å². The van der Waals surface area contributed by atoms with Gasteiger partial charge in [0.1, 0.15) is 6.07 Å². The van der Waals surface area contributed by atoms with Crippen molar-refractivity contribution in [1.82, 2.24) is 0 Å². The summed E-state index contributed by atoms with van der Waals surface area (Å²) in [5.41, 5.74) is 0.959. The van der Waals surface area contributed by atoms with Crippen molar-refractivity contribution in [3.63, 3.8) is 0 Å². The fourth-order valence-electron chi connectivity index (χ4n) is 0.908. The third-order valence-electron chi connectivity index (χ3n) is 1.58. The summed E-state index contributed by atoms with van der Waals surface area (Å²) in [6.45, 7) is 1.45. The van der Waals surface area contributed by atoms with Gasteiger partial charge in [0, 0.05) is 5.56 Å². The van der Waals surface area contributed by atoms with Gasteiger partial charge in [-0.3, -0.25) is 4.79 Å². The first kappa shape index (κ1) is 10.5. The zero-order chi connectivity index (χ0) is 10.0. The Labute approximate surface area is 94.6 Å². The van der Waals surface area contributed by atoms with Crippen LogP contribution in [0.3, 0.4) is 0 Å². The van der Waals surface area contributed by atoms with Gasteiger partial charge in [-0.05, 0) is 41.6 Å². The first-order valence-corrected chi connectivity index (χ1v) is 4.92. The van der Waals surface area contributed by atoms with Crippen LogP contribution in [-0.4, -0.2) is 5.78 Å². The minimum atomic E-state index is -0.0904. The number of nitriles is 1. The first-order valence-electron chi connectivity index (χ1n) is 3.47. The smallest absolute Gasteiger partial charge is 0.161 e. The van der Waals surface area contributed by atoms with Crippen molar-refractivity contribution in [3.05, 3.63) is 31.9 Å². The van der Waals surface area contributed by atoms with E-state index >= 15 is 0 Å². The second kappa shape index (κ2) is 4.07. The number of carbonyl (C=O) groups excluding carboxylic acids is 1. The molecule has 0 aliphatic rings. The van der Waals surface area contributed by atoms with E-state index in [0.717, 1.165) is 0 Å². The molecule has 1 rings (SSSR count). The van der Waals surface area contributed by atoms with Crippen LogP contribution < -0.4 is 0 Å². The van der Waals surface area contributed by atoms with Gasteiger partial charge in [-0.2, -0.15) is 5.26 Å². The maximum absolute atomic E-state index is 11.0. The lowest BCUT2D eigenvalue weighted by atomic mass is 10.1. The van der Waals surface area contributed by atoms with Gasteiger partial charge < -0.3 is 0 Å². The molecule has 66 valence electrons. The minimum Gasteiger partial charge on any atom is -0.294 e. The molecule has 0 radical (unpaired) electrons. The molecule has 1 aromatic rings. The van der Waals surface area contributed by atoms with Crippen molar-refractivity contribution >= 4 is 40.0 Å². The summed E-state index contributed by atoms with van der Waals surface area (Å²) in [4.78, 5) is 11.0. The monoisotopic (exact) mass is 305 g/mol. The Bertz CT molecular complexity index is 409. The summed E-state index contributed by atoms with van der Waals surface area (Å²) < 4.78 is 0.634. The summed E-state index contributed by atoms with van der Waals surface area (Å²) in [5.74, 6) is -0.0904. The number of ketones is 1. The summed E-state index contributed by atoms with van der Waals surface area (Å²) in [7, 11) is 0. The highest BCUT2D eigenvalue weighted by Gasteiger charge is 2.11. The topological polar surface area (TPSA) is 40.9 Å². The molecule has 0 atom stereocenters. The van der Waals surface area contributed by atoms with Gasteiger partial charge in [-0.25, -0.2) is 0 Å². The number of benzene rings is 1. The van der Waals surface area contributed by atoms with Crippen molar-refractivity contribution in [2.24, 2.45) is 0 Å². The molecule has 0 aliphatic heterocycles. The number of hydrogen-bond donors (Lipinski definition) is 0. The van der Waals surface area contributed by atoms with Gasteiger partial charge in [-0.15, -0.1) is 0 Å². The number of hydrogen-bond acceptors (Lipinski definition) is 2. The van der Waals surface area contributed by atoms with E-state index in [9.17, 15) is 4.79 Å². The average Bonchev–Trinajstić information content (AvgIpc) is 2.09. The van der Waals surface area contributed by atoms with E-state index in [1.165, 1.54) is 6.92 Å². The van der Waals surface area contributed by atoms with Gasteiger partial charge in [0.25, 0.3) is 0 Å². The highest BCUT2D eigenvalue weighted by molar-refractivity contribution is 14.1. The predicted molar refractivity (Wildman–Crippen MR) is 58.9 cm³/mol. The van der Waals surface area contributed by atoms with E-state index in [4.69, 9.17) is 16.9 Å². The van der Waals surface area contributed by atoms with Crippen molar-refractivity contribution < 1.29 is 4.79 Å². The van der Waals surface area contributed by atoms with Crippen molar-refractivity contribution in [2.45, 2.75) is 6.92 Å². The van der Waals surface area contributed by atoms with Crippen LogP contribution >= 0.6 is 34.2 Å². The maximum atomic E-state index is 11.0. The largest absolute Gasteiger partial charge is 0.294 e. The summed E-state index contributed by atoms with van der Waals surface area (Å²) >= 11 is 7.85. The lowest BCUT2D eigenvalue weighted by Crippen LogP contribution is -1.96. The lowest BCUT2D eigenvalue weighted by molar-refractivity contribution is 0.101. The lowest BCUT2D eigenvalue weighted by Gasteiger charge is -2.02. The fraction of sp³-hybridized carbons (Fsp3) is 0.111. The van der Waals surface area contributed by atoms with Crippen LogP contribution in [-0.2, 0) is 0 Å². The molecule has 0 unspecified atom stereocenters. The molecule has 4 heteroatoms. The normalized spacial score (nSPS) is 9.38. The molecule has 2 nitrogen and oxygen atoms in total. The molecule has 0 aliphatic carbocycles. The van der Waals surface area contributed by atoms with Crippen LogP contribution in [0.1, 0.15) is 22.8 Å². The van der Waals surface area contributed by atoms with Crippen LogP contribution in [0.5, 0.6) is 0 Å². The van der Waals surface area contributed by atoms with E-state index in [2.05, 4.69) is 0 Å². The Kier molecular flexibility index (Phi) is 3.28. The Morgan fingerprint density at radius 2 is 2.23 bits per heavy atom. The molecule has 1 aromatic carbocycles. The fourth-order valence-corrected chi connectivity index (χ4v) is 1.80. The minimum absolute atomic E-state index is 0.0904. The van der Waals surface area contributed by atoms with E-state index in [0.29, 0.717) is 19.7 Å². The standard InChI is InChI=1S/C9H5ClINO/c1-5(13)7-3-2-6(4-12)9(11)8(7)10/h2-3H,1H3. The number of Topliss-reactive ketones (excluding diaryl/α,β-unsaturated/α-hetero) is 1. The molecule has 0 N–H and O–H groups in total.